The van der Waals surface area contributed by atoms with E-state index in [1.807, 2.05) is 24.3 Å². The van der Waals surface area contributed by atoms with Gasteiger partial charge in [0.2, 0.25) is 5.91 Å². The van der Waals surface area contributed by atoms with Gasteiger partial charge in [-0.15, -0.1) is 0 Å². The van der Waals surface area contributed by atoms with Crippen LogP contribution in [-0.4, -0.2) is 23.0 Å². The van der Waals surface area contributed by atoms with Crippen LogP contribution < -0.4 is 10.1 Å². The minimum Gasteiger partial charge on any atom is -0.496 e. The van der Waals surface area contributed by atoms with Crippen molar-refractivity contribution in [2.24, 2.45) is 0 Å². The normalized spacial score (nSPS) is 10.0. The van der Waals surface area contributed by atoms with Crippen LogP contribution in [0, 0.1) is 0 Å². The first kappa shape index (κ1) is 13.5. The van der Waals surface area contributed by atoms with Crippen LogP contribution in [0.4, 0.5) is 5.82 Å². The van der Waals surface area contributed by atoms with Crippen LogP contribution in [-0.2, 0) is 11.2 Å². The zero-order valence-corrected chi connectivity index (χ0v) is 11.8. The van der Waals surface area contributed by atoms with Gasteiger partial charge in [0.05, 0.1) is 25.9 Å². The molecule has 2 aromatic rings. The van der Waals surface area contributed by atoms with Crippen molar-refractivity contribution in [1.82, 2.24) is 9.97 Å². The molecule has 0 aliphatic heterocycles. The maximum Gasteiger partial charge on any atom is 0.230 e. The van der Waals surface area contributed by atoms with E-state index >= 15 is 0 Å². The Morgan fingerprint density at radius 3 is 2.79 bits per heavy atom. The molecule has 6 heteroatoms. The molecule has 0 aliphatic rings. The highest BCUT2D eigenvalue weighted by Gasteiger charge is 2.09. The first-order valence-electron chi connectivity index (χ1n) is 5.58. The Balaban J connectivity index is 2.03. The van der Waals surface area contributed by atoms with Gasteiger partial charge >= 0.3 is 0 Å². The molecule has 0 radical (unpaired) electrons. The van der Waals surface area contributed by atoms with E-state index in [0.717, 1.165) is 5.56 Å². The van der Waals surface area contributed by atoms with Crippen LogP contribution in [0.25, 0.3) is 0 Å². The molecule has 1 aromatic heterocycles. The number of nitrogens with one attached hydrogen (secondary N) is 1. The molecule has 1 heterocycles. The van der Waals surface area contributed by atoms with Gasteiger partial charge in [0.15, 0.2) is 5.82 Å². The summed E-state index contributed by atoms with van der Waals surface area (Å²) in [7, 11) is 1.58. The van der Waals surface area contributed by atoms with Crippen molar-refractivity contribution in [2.75, 3.05) is 12.4 Å². The van der Waals surface area contributed by atoms with Gasteiger partial charge < -0.3 is 10.1 Å². The number of carbonyl (C=O) groups excluding carboxylic acids is 1. The van der Waals surface area contributed by atoms with Crippen molar-refractivity contribution in [2.45, 2.75) is 6.42 Å². The van der Waals surface area contributed by atoms with E-state index in [9.17, 15) is 4.79 Å². The number of para-hydroxylation sites is 1. The van der Waals surface area contributed by atoms with E-state index in [-0.39, 0.29) is 12.3 Å². The van der Waals surface area contributed by atoms with E-state index in [1.54, 1.807) is 7.11 Å². The molecule has 19 heavy (non-hydrogen) atoms. The molecular weight excluding hydrogens is 310 g/mol. The highest BCUT2D eigenvalue weighted by molar-refractivity contribution is 9.10. The SMILES string of the molecule is COc1ccccc1CC(=O)Nc1cnc(Br)cn1. The van der Waals surface area contributed by atoms with Gasteiger partial charge in [0.1, 0.15) is 10.4 Å². The van der Waals surface area contributed by atoms with Crippen LogP contribution in [0.15, 0.2) is 41.3 Å². The molecule has 2 rings (SSSR count). The second kappa shape index (κ2) is 6.29. The number of amides is 1. The van der Waals surface area contributed by atoms with Crippen molar-refractivity contribution >= 4 is 27.7 Å². The summed E-state index contributed by atoms with van der Waals surface area (Å²) in [5, 5.41) is 2.68. The van der Waals surface area contributed by atoms with Crippen molar-refractivity contribution < 1.29 is 9.53 Å². The summed E-state index contributed by atoms with van der Waals surface area (Å²) in [5.74, 6) is 0.948. The van der Waals surface area contributed by atoms with Gasteiger partial charge in [-0.05, 0) is 22.0 Å². The van der Waals surface area contributed by atoms with E-state index in [2.05, 4.69) is 31.2 Å². The molecule has 1 N–H and O–H groups in total. The Kier molecular flexibility index (Phi) is 4.46. The highest BCUT2D eigenvalue weighted by atomic mass is 79.9. The van der Waals surface area contributed by atoms with Crippen molar-refractivity contribution in [1.29, 1.82) is 0 Å². The fraction of sp³-hybridized carbons (Fsp3) is 0.154. The van der Waals surface area contributed by atoms with E-state index in [0.29, 0.717) is 16.2 Å². The lowest BCUT2D eigenvalue weighted by molar-refractivity contribution is -0.115. The average Bonchev–Trinajstić information content (AvgIpc) is 2.42. The standard InChI is InChI=1S/C13H12BrN3O2/c1-19-10-5-3-2-4-9(10)6-13(18)17-12-8-15-11(14)7-16-12/h2-5,7-8H,6H2,1H3,(H,16,17,18). The zero-order valence-electron chi connectivity index (χ0n) is 10.3. The number of nitrogens with zero attached hydrogens (tertiary/aromatic N) is 2. The smallest absolute Gasteiger partial charge is 0.230 e. The van der Waals surface area contributed by atoms with E-state index in [4.69, 9.17) is 4.74 Å². The molecule has 0 atom stereocenters. The van der Waals surface area contributed by atoms with Crippen LogP contribution in [0.3, 0.4) is 0 Å². The highest BCUT2D eigenvalue weighted by Crippen LogP contribution is 2.18. The number of halogens is 1. The van der Waals surface area contributed by atoms with E-state index in [1.165, 1.54) is 12.4 Å². The Morgan fingerprint density at radius 2 is 2.11 bits per heavy atom. The van der Waals surface area contributed by atoms with Crippen LogP contribution in [0.1, 0.15) is 5.56 Å². The Bertz CT molecular complexity index is 572. The summed E-state index contributed by atoms with van der Waals surface area (Å²) >= 11 is 3.18. The lowest BCUT2D eigenvalue weighted by atomic mass is 10.1. The molecule has 98 valence electrons. The molecular formula is C13H12BrN3O2. The first-order valence-corrected chi connectivity index (χ1v) is 6.37. The lowest BCUT2D eigenvalue weighted by Gasteiger charge is -2.08. The predicted octanol–water partition coefficient (Wildman–Crippen LogP) is 2.43. The summed E-state index contributed by atoms with van der Waals surface area (Å²) in [6.45, 7) is 0. The third kappa shape index (κ3) is 3.75. The van der Waals surface area contributed by atoms with Crippen molar-refractivity contribution in [3.8, 4) is 5.75 Å². The largest absolute Gasteiger partial charge is 0.496 e. The van der Waals surface area contributed by atoms with Gasteiger partial charge in [-0.25, -0.2) is 9.97 Å². The minimum absolute atomic E-state index is 0.166. The number of benzene rings is 1. The molecule has 0 spiro atoms. The predicted molar refractivity (Wildman–Crippen MR) is 75.1 cm³/mol. The van der Waals surface area contributed by atoms with Crippen molar-refractivity contribution in [3.63, 3.8) is 0 Å². The maximum absolute atomic E-state index is 11.9. The van der Waals surface area contributed by atoms with Crippen molar-refractivity contribution in [3.05, 3.63) is 46.8 Å². The third-order valence-electron chi connectivity index (χ3n) is 2.43. The number of rotatable bonds is 4. The lowest BCUT2D eigenvalue weighted by Crippen LogP contribution is -2.15. The van der Waals surface area contributed by atoms with Gasteiger partial charge in [0.25, 0.3) is 0 Å². The Hall–Kier alpha value is -1.95. The fourth-order valence-electron chi connectivity index (χ4n) is 1.59. The Morgan fingerprint density at radius 1 is 1.32 bits per heavy atom. The number of hydrogen-bond acceptors (Lipinski definition) is 4. The average molecular weight is 322 g/mol. The molecule has 0 saturated heterocycles. The summed E-state index contributed by atoms with van der Waals surface area (Å²) in [6, 6.07) is 7.40. The number of hydrogen-bond donors (Lipinski definition) is 1. The first-order chi connectivity index (χ1) is 9.19. The topological polar surface area (TPSA) is 64.1 Å². The summed E-state index contributed by atoms with van der Waals surface area (Å²) in [6.07, 6.45) is 3.24. The second-order valence-electron chi connectivity index (χ2n) is 3.76. The number of ether oxygens (including phenoxy) is 1. The summed E-state index contributed by atoms with van der Waals surface area (Å²) in [4.78, 5) is 19.9. The summed E-state index contributed by atoms with van der Waals surface area (Å²) in [5.41, 5.74) is 0.826. The molecule has 0 fully saturated rings. The molecule has 0 bridgehead atoms. The zero-order chi connectivity index (χ0) is 13.7. The number of anilines is 1. The monoisotopic (exact) mass is 321 g/mol. The van der Waals surface area contributed by atoms with Gasteiger partial charge in [0, 0.05) is 5.56 Å². The van der Waals surface area contributed by atoms with E-state index < -0.39 is 0 Å². The number of methoxy groups -OCH3 is 1. The maximum atomic E-state index is 11.9. The molecule has 0 aliphatic carbocycles. The molecule has 5 nitrogen and oxygen atoms in total. The molecule has 0 unspecified atom stereocenters. The van der Waals surface area contributed by atoms with Crippen LogP contribution in [0.2, 0.25) is 0 Å². The van der Waals surface area contributed by atoms with Gasteiger partial charge in [-0.2, -0.15) is 0 Å². The summed E-state index contributed by atoms with van der Waals surface area (Å²) < 4.78 is 5.82. The quantitative estimate of drug-likeness (QED) is 0.939. The Labute approximate surface area is 119 Å². The fourth-order valence-corrected chi connectivity index (χ4v) is 1.79. The minimum atomic E-state index is -0.166. The third-order valence-corrected chi connectivity index (χ3v) is 2.84. The van der Waals surface area contributed by atoms with Crippen LogP contribution in [0.5, 0.6) is 5.75 Å². The molecule has 1 amide bonds. The van der Waals surface area contributed by atoms with Crippen LogP contribution >= 0.6 is 15.9 Å². The van der Waals surface area contributed by atoms with Gasteiger partial charge in [-0.1, -0.05) is 18.2 Å². The number of aromatic nitrogens is 2. The molecule has 0 saturated carbocycles. The molecule has 1 aromatic carbocycles. The van der Waals surface area contributed by atoms with Gasteiger partial charge in [-0.3, -0.25) is 4.79 Å². The second-order valence-corrected chi connectivity index (χ2v) is 4.57. The number of carbonyl (C=O) groups is 1.